The summed E-state index contributed by atoms with van der Waals surface area (Å²) in [7, 11) is 1.86. The van der Waals surface area contributed by atoms with Crippen LogP contribution >= 0.6 is 11.6 Å². The smallest absolute Gasteiger partial charge is 0.227 e. The fourth-order valence-electron chi connectivity index (χ4n) is 3.62. The van der Waals surface area contributed by atoms with E-state index in [4.69, 9.17) is 16.3 Å². The number of piperidine rings is 1. The van der Waals surface area contributed by atoms with Crippen LogP contribution in [0.3, 0.4) is 0 Å². The van der Waals surface area contributed by atoms with Crippen LogP contribution in [-0.2, 0) is 20.9 Å². The number of carbonyl (C=O) groups excluding carboxylic acids is 2. The summed E-state index contributed by atoms with van der Waals surface area (Å²) in [6, 6.07) is 7.51. The van der Waals surface area contributed by atoms with Crippen LogP contribution in [0.25, 0.3) is 0 Å². The molecule has 27 heavy (non-hydrogen) atoms. The number of hydrogen-bond acceptors (Lipinski definition) is 4. The van der Waals surface area contributed by atoms with Crippen molar-refractivity contribution >= 4 is 23.4 Å². The maximum absolute atomic E-state index is 12.8. The molecule has 0 aliphatic carbocycles. The van der Waals surface area contributed by atoms with E-state index in [-0.39, 0.29) is 17.7 Å². The van der Waals surface area contributed by atoms with Crippen molar-refractivity contribution in [2.45, 2.75) is 19.4 Å². The number of halogens is 1. The summed E-state index contributed by atoms with van der Waals surface area (Å²) in [5, 5.41) is 0.679. The molecule has 0 N–H and O–H groups in total. The van der Waals surface area contributed by atoms with Crippen LogP contribution < -0.4 is 0 Å². The summed E-state index contributed by atoms with van der Waals surface area (Å²) >= 11 is 5.93. The van der Waals surface area contributed by atoms with E-state index >= 15 is 0 Å². The number of nitrogens with zero attached hydrogens (tertiary/aromatic N) is 3. The van der Waals surface area contributed by atoms with E-state index in [1.807, 2.05) is 36.2 Å². The van der Waals surface area contributed by atoms with Gasteiger partial charge >= 0.3 is 0 Å². The predicted molar refractivity (Wildman–Crippen MR) is 104 cm³/mol. The standard InChI is InChI=1S/C20H28ClN3O3/c1-22(8-9-23-10-12-27-13-11-23)20(26)17-4-7-19(25)24(15-17)14-16-2-5-18(21)6-3-16/h2-3,5-6,17H,4,7-15H2,1H3/t17-/m1/s1. The molecule has 0 spiro atoms. The molecule has 1 aromatic rings. The molecular weight excluding hydrogens is 366 g/mol. The highest BCUT2D eigenvalue weighted by atomic mass is 35.5. The molecule has 2 aliphatic heterocycles. The summed E-state index contributed by atoms with van der Waals surface area (Å²) in [4.78, 5) is 31.1. The molecule has 3 rings (SSSR count). The highest BCUT2D eigenvalue weighted by Gasteiger charge is 2.31. The second-order valence-electron chi connectivity index (χ2n) is 7.35. The average Bonchev–Trinajstić information content (AvgIpc) is 2.69. The first-order valence-electron chi connectivity index (χ1n) is 9.60. The fourth-order valence-corrected chi connectivity index (χ4v) is 3.74. The molecule has 2 heterocycles. The number of morpholine rings is 1. The Kier molecular flexibility index (Phi) is 7.10. The SMILES string of the molecule is CN(CCN1CCOCC1)C(=O)[C@@H]1CCC(=O)N(Cc2ccc(Cl)cc2)C1. The second-order valence-corrected chi connectivity index (χ2v) is 7.79. The van der Waals surface area contributed by atoms with Gasteiger partial charge in [-0.1, -0.05) is 23.7 Å². The molecule has 148 valence electrons. The third kappa shape index (κ3) is 5.67. The molecule has 2 amide bonds. The molecule has 2 saturated heterocycles. The fraction of sp³-hybridized carbons (Fsp3) is 0.600. The minimum absolute atomic E-state index is 0.116. The van der Waals surface area contributed by atoms with Crippen LogP contribution in [-0.4, -0.2) is 79.5 Å². The first kappa shape index (κ1) is 20.1. The molecule has 0 radical (unpaired) electrons. The number of amides is 2. The number of ether oxygens (including phenoxy) is 1. The van der Waals surface area contributed by atoms with Crippen molar-refractivity contribution in [1.82, 2.24) is 14.7 Å². The number of likely N-dealkylation sites (N-methyl/N-ethyl adjacent to an activating group) is 1. The van der Waals surface area contributed by atoms with Crippen LogP contribution in [0.15, 0.2) is 24.3 Å². The lowest BCUT2D eigenvalue weighted by atomic mass is 9.95. The van der Waals surface area contributed by atoms with E-state index in [1.165, 1.54) is 0 Å². The van der Waals surface area contributed by atoms with Crippen molar-refractivity contribution in [2.24, 2.45) is 5.92 Å². The van der Waals surface area contributed by atoms with Crippen LogP contribution in [0.5, 0.6) is 0 Å². The van der Waals surface area contributed by atoms with Crippen molar-refractivity contribution < 1.29 is 14.3 Å². The summed E-state index contributed by atoms with van der Waals surface area (Å²) in [5.74, 6) is 0.131. The number of carbonyl (C=O) groups is 2. The van der Waals surface area contributed by atoms with E-state index in [1.54, 1.807) is 4.90 Å². The Labute approximate surface area is 166 Å². The zero-order chi connectivity index (χ0) is 19.2. The number of likely N-dealkylation sites (tertiary alicyclic amines) is 1. The Morgan fingerprint density at radius 1 is 1.26 bits per heavy atom. The molecule has 1 atom stereocenters. The van der Waals surface area contributed by atoms with Crippen molar-refractivity contribution in [2.75, 3.05) is 53.0 Å². The first-order valence-corrected chi connectivity index (χ1v) is 9.98. The monoisotopic (exact) mass is 393 g/mol. The molecule has 2 aliphatic rings. The minimum atomic E-state index is -0.121. The van der Waals surface area contributed by atoms with Gasteiger partial charge in [0.05, 0.1) is 19.1 Å². The van der Waals surface area contributed by atoms with Gasteiger partial charge in [0.15, 0.2) is 0 Å². The van der Waals surface area contributed by atoms with E-state index in [2.05, 4.69) is 4.90 Å². The zero-order valence-corrected chi connectivity index (χ0v) is 16.7. The summed E-state index contributed by atoms with van der Waals surface area (Å²) < 4.78 is 5.36. The number of rotatable bonds is 6. The average molecular weight is 394 g/mol. The highest BCUT2D eigenvalue weighted by Crippen LogP contribution is 2.22. The minimum Gasteiger partial charge on any atom is -0.379 e. The van der Waals surface area contributed by atoms with Gasteiger partial charge in [0.1, 0.15) is 0 Å². The van der Waals surface area contributed by atoms with Crippen molar-refractivity contribution in [3.63, 3.8) is 0 Å². The lowest BCUT2D eigenvalue weighted by molar-refractivity contribution is -0.143. The van der Waals surface area contributed by atoms with Gasteiger partial charge in [-0.2, -0.15) is 0 Å². The Morgan fingerprint density at radius 3 is 2.67 bits per heavy atom. The van der Waals surface area contributed by atoms with Gasteiger partial charge in [0.25, 0.3) is 0 Å². The number of hydrogen-bond donors (Lipinski definition) is 0. The molecule has 7 heteroatoms. The maximum atomic E-state index is 12.8. The number of benzene rings is 1. The Hall–Kier alpha value is -1.63. The maximum Gasteiger partial charge on any atom is 0.227 e. The van der Waals surface area contributed by atoms with Crippen LogP contribution in [0.2, 0.25) is 5.02 Å². The second kappa shape index (κ2) is 9.53. The third-order valence-corrected chi connectivity index (χ3v) is 5.62. The normalized spacial score (nSPS) is 21.3. The van der Waals surface area contributed by atoms with Gasteiger partial charge in [0.2, 0.25) is 11.8 Å². The molecule has 0 aromatic heterocycles. The lowest BCUT2D eigenvalue weighted by Gasteiger charge is -2.35. The van der Waals surface area contributed by atoms with Gasteiger partial charge in [-0.25, -0.2) is 0 Å². The molecule has 1 aromatic carbocycles. The topological polar surface area (TPSA) is 53.1 Å². The van der Waals surface area contributed by atoms with Crippen LogP contribution in [0.1, 0.15) is 18.4 Å². The van der Waals surface area contributed by atoms with E-state index < -0.39 is 0 Å². The van der Waals surface area contributed by atoms with Crippen molar-refractivity contribution in [1.29, 1.82) is 0 Å². The van der Waals surface area contributed by atoms with Crippen molar-refractivity contribution in [3.8, 4) is 0 Å². The Morgan fingerprint density at radius 2 is 1.96 bits per heavy atom. The predicted octanol–water partition coefficient (Wildman–Crippen LogP) is 1.87. The zero-order valence-electron chi connectivity index (χ0n) is 15.9. The summed E-state index contributed by atoms with van der Waals surface area (Å²) in [6.07, 6.45) is 1.07. The largest absolute Gasteiger partial charge is 0.379 e. The van der Waals surface area contributed by atoms with Gasteiger partial charge in [-0.15, -0.1) is 0 Å². The van der Waals surface area contributed by atoms with Gasteiger partial charge in [-0.05, 0) is 24.1 Å². The highest BCUT2D eigenvalue weighted by molar-refractivity contribution is 6.30. The molecule has 6 nitrogen and oxygen atoms in total. The van der Waals surface area contributed by atoms with Crippen molar-refractivity contribution in [3.05, 3.63) is 34.9 Å². The molecule has 0 unspecified atom stereocenters. The van der Waals surface area contributed by atoms with E-state index in [0.717, 1.165) is 38.4 Å². The molecule has 0 saturated carbocycles. The van der Waals surface area contributed by atoms with Crippen LogP contribution in [0, 0.1) is 5.92 Å². The third-order valence-electron chi connectivity index (χ3n) is 5.37. The molecular formula is C20H28ClN3O3. The summed E-state index contributed by atoms with van der Waals surface area (Å²) in [6.45, 7) is 5.97. The van der Waals surface area contributed by atoms with Crippen LogP contribution in [0.4, 0.5) is 0 Å². The van der Waals surface area contributed by atoms with E-state index in [9.17, 15) is 9.59 Å². The first-order chi connectivity index (χ1) is 13.0. The van der Waals surface area contributed by atoms with E-state index in [0.29, 0.717) is 37.5 Å². The van der Waals surface area contributed by atoms with Gasteiger partial charge in [-0.3, -0.25) is 14.5 Å². The molecule has 0 bridgehead atoms. The lowest BCUT2D eigenvalue weighted by Crippen LogP contribution is -2.47. The van der Waals surface area contributed by atoms with Gasteiger partial charge in [0, 0.05) is 57.8 Å². The molecule has 2 fully saturated rings. The quantitative estimate of drug-likeness (QED) is 0.740. The van der Waals surface area contributed by atoms with Gasteiger partial charge < -0.3 is 14.5 Å². The Bertz CT molecular complexity index is 646. The summed E-state index contributed by atoms with van der Waals surface area (Å²) in [5.41, 5.74) is 1.03. The Balaban J connectivity index is 1.51.